The predicted molar refractivity (Wildman–Crippen MR) is 114 cm³/mol. The van der Waals surface area contributed by atoms with Crippen molar-refractivity contribution in [3.8, 4) is 5.75 Å². The molecule has 0 saturated heterocycles. The molecule has 1 amide bonds. The van der Waals surface area contributed by atoms with Crippen molar-refractivity contribution in [3.63, 3.8) is 0 Å². The van der Waals surface area contributed by atoms with E-state index in [-0.39, 0.29) is 22.9 Å². The topological polar surface area (TPSA) is 111 Å². The number of hydrazone groups is 1. The molecule has 0 atom stereocenters. The maximum Gasteiger partial charge on any atom is 0.343 e. The number of hydrogen-bond donors (Lipinski definition) is 1. The number of carbonyl (C=O) groups excluding carboxylic acids is 2. The number of esters is 1. The van der Waals surface area contributed by atoms with E-state index in [0.717, 1.165) is 4.47 Å². The van der Waals surface area contributed by atoms with E-state index in [9.17, 15) is 19.7 Å². The van der Waals surface area contributed by atoms with Crippen LogP contribution in [0.15, 0.2) is 82.4 Å². The number of nitro benzene ring substituents is 1. The van der Waals surface area contributed by atoms with Gasteiger partial charge in [0.2, 0.25) is 0 Å². The Morgan fingerprint density at radius 1 is 1.00 bits per heavy atom. The number of nitrogens with zero attached hydrogens (tertiary/aromatic N) is 2. The standard InChI is InChI=1S/C21H14BrN3O5/c22-17-5-2-4-16(12-17)20(26)24-23-13-14-3-1-6-19(11-14)30-21(27)15-7-9-18(10-8-15)25(28)29/h1-13H,(H,24,26)/b23-13-. The lowest BCUT2D eigenvalue weighted by Crippen LogP contribution is -2.17. The molecule has 9 heteroatoms. The van der Waals surface area contributed by atoms with Gasteiger partial charge >= 0.3 is 5.97 Å². The van der Waals surface area contributed by atoms with Gasteiger partial charge in [0.05, 0.1) is 16.7 Å². The van der Waals surface area contributed by atoms with Crippen molar-refractivity contribution in [1.29, 1.82) is 0 Å². The molecule has 8 nitrogen and oxygen atoms in total. The second kappa shape index (κ2) is 9.57. The number of nitrogens with one attached hydrogen (secondary N) is 1. The largest absolute Gasteiger partial charge is 0.423 e. The van der Waals surface area contributed by atoms with Crippen molar-refractivity contribution in [2.24, 2.45) is 5.10 Å². The van der Waals surface area contributed by atoms with Gasteiger partial charge < -0.3 is 4.74 Å². The average molecular weight is 468 g/mol. The van der Waals surface area contributed by atoms with Crippen LogP contribution in [0, 0.1) is 10.1 Å². The maximum absolute atomic E-state index is 12.2. The number of hydrogen-bond acceptors (Lipinski definition) is 6. The third-order valence-electron chi connectivity index (χ3n) is 3.85. The molecule has 150 valence electrons. The molecular weight excluding hydrogens is 454 g/mol. The van der Waals surface area contributed by atoms with Gasteiger partial charge in [0, 0.05) is 22.2 Å². The summed E-state index contributed by atoms with van der Waals surface area (Å²) in [5.41, 5.74) is 3.53. The summed E-state index contributed by atoms with van der Waals surface area (Å²) in [6, 6.07) is 18.5. The zero-order valence-electron chi connectivity index (χ0n) is 15.3. The van der Waals surface area contributed by atoms with E-state index in [2.05, 4.69) is 26.5 Å². The fourth-order valence-corrected chi connectivity index (χ4v) is 2.80. The quantitative estimate of drug-likeness (QED) is 0.190. The van der Waals surface area contributed by atoms with E-state index in [0.29, 0.717) is 11.1 Å². The van der Waals surface area contributed by atoms with Gasteiger partial charge in [0.1, 0.15) is 5.75 Å². The van der Waals surface area contributed by atoms with Gasteiger partial charge in [0.25, 0.3) is 11.6 Å². The van der Waals surface area contributed by atoms with E-state index >= 15 is 0 Å². The van der Waals surface area contributed by atoms with Crippen molar-refractivity contribution < 1.29 is 19.2 Å². The minimum Gasteiger partial charge on any atom is -0.423 e. The van der Waals surface area contributed by atoms with Gasteiger partial charge in [-0.05, 0) is 48.0 Å². The molecule has 30 heavy (non-hydrogen) atoms. The molecular formula is C21H14BrN3O5. The Balaban J connectivity index is 1.62. The van der Waals surface area contributed by atoms with Crippen LogP contribution in [0.1, 0.15) is 26.3 Å². The van der Waals surface area contributed by atoms with E-state index in [1.165, 1.54) is 30.5 Å². The smallest absolute Gasteiger partial charge is 0.343 e. The molecule has 0 unspecified atom stereocenters. The third-order valence-corrected chi connectivity index (χ3v) is 4.34. The lowest BCUT2D eigenvalue weighted by Gasteiger charge is -2.05. The van der Waals surface area contributed by atoms with Crippen LogP contribution in [0.4, 0.5) is 5.69 Å². The van der Waals surface area contributed by atoms with Gasteiger partial charge in [0.15, 0.2) is 0 Å². The summed E-state index contributed by atoms with van der Waals surface area (Å²) in [5.74, 6) is -0.754. The number of amides is 1. The average Bonchev–Trinajstić information content (AvgIpc) is 2.74. The van der Waals surface area contributed by atoms with Crippen LogP contribution in [0.25, 0.3) is 0 Å². The highest BCUT2D eigenvalue weighted by Gasteiger charge is 2.11. The highest BCUT2D eigenvalue weighted by molar-refractivity contribution is 9.10. The summed E-state index contributed by atoms with van der Waals surface area (Å²) in [6.07, 6.45) is 1.42. The van der Waals surface area contributed by atoms with Crippen molar-refractivity contribution in [2.75, 3.05) is 0 Å². The minimum atomic E-state index is -0.651. The Labute approximate surface area is 179 Å². The molecule has 3 aromatic rings. The van der Waals surface area contributed by atoms with Crippen LogP contribution in [-0.2, 0) is 0 Å². The van der Waals surface area contributed by atoms with Gasteiger partial charge in [-0.15, -0.1) is 0 Å². The van der Waals surface area contributed by atoms with Crippen LogP contribution in [0.5, 0.6) is 5.75 Å². The van der Waals surface area contributed by atoms with Gasteiger partial charge in [-0.1, -0.05) is 34.1 Å². The normalized spacial score (nSPS) is 10.6. The minimum absolute atomic E-state index is 0.116. The first-order chi connectivity index (χ1) is 14.4. The number of carbonyl (C=O) groups is 2. The van der Waals surface area contributed by atoms with Gasteiger partial charge in [-0.2, -0.15) is 5.10 Å². The Morgan fingerprint density at radius 2 is 1.73 bits per heavy atom. The highest BCUT2D eigenvalue weighted by Crippen LogP contribution is 2.17. The third kappa shape index (κ3) is 5.58. The van der Waals surface area contributed by atoms with Crippen LogP contribution >= 0.6 is 15.9 Å². The molecule has 0 saturated carbocycles. The van der Waals surface area contributed by atoms with Crippen molar-refractivity contribution in [2.45, 2.75) is 0 Å². The molecule has 0 aliphatic heterocycles. The molecule has 3 aromatic carbocycles. The fraction of sp³-hybridized carbons (Fsp3) is 0. The lowest BCUT2D eigenvalue weighted by atomic mass is 10.2. The summed E-state index contributed by atoms with van der Waals surface area (Å²) in [5, 5.41) is 14.6. The molecule has 0 spiro atoms. The molecule has 0 aliphatic carbocycles. The van der Waals surface area contributed by atoms with Crippen LogP contribution in [0.2, 0.25) is 0 Å². The van der Waals surface area contributed by atoms with Crippen LogP contribution in [-0.4, -0.2) is 23.0 Å². The summed E-state index contributed by atoms with van der Waals surface area (Å²) in [6.45, 7) is 0. The number of non-ortho nitro benzene ring substituents is 1. The summed E-state index contributed by atoms with van der Waals surface area (Å²) in [7, 11) is 0. The summed E-state index contributed by atoms with van der Waals surface area (Å²) in [4.78, 5) is 34.4. The van der Waals surface area contributed by atoms with Crippen molar-refractivity contribution in [3.05, 3.63) is 104 Å². The maximum atomic E-state index is 12.2. The van der Waals surface area contributed by atoms with Crippen LogP contribution in [0.3, 0.4) is 0 Å². The summed E-state index contributed by atoms with van der Waals surface area (Å²) >= 11 is 3.30. The zero-order chi connectivity index (χ0) is 21.5. The number of rotatable bonds is 6. The van der Waals surface area contributed by atoms with Crippen molar-refractivity contribution >= 4 is 39.7 Å². The second-order valence-electron chi connectivity index (χ2n) is 5.98. The van der Waals surface area contributed by atoms with Gasteiger partial charge in [-0.3, -0.25) is 14.9 Å². The summed E-state index contributed by atoms with van der Waals surface area (Å²) < 4.78 is 6.07. The van der Waals surface area contributed by atoms with Crippen LogP contribution < -0.4 is 10.2 Å². The number of benzene rings is 3. The lowest BCUT2D eigenvalue weighted by molar-refractivity contribution is -0.384. The molecule has 0 fully saturated rings. The van der Waals surface area contributed by atoms with E-state index in [1.807, 2.05) is 6.07 Å². The fourth-order valence-electron chi connectivity index (χ4n) is 2.40. The monoisotopic (exact) mass is 467 g/mol. The molecule has 1 N–H and O–H groups in total. The number of ether oxygens (including phenoxy) is 1. The molecule has 0 aliphatic rings. The first-order valence-electron chi connectivity index (χ1n) is 8.58. The number of halogens is 1. The SMILES string of the molecule is O=C(N/N=C\c1cccc(OC(=O)c2ccc([N+](=O)[O-])cc2)c1)c1cccc(Br)c1. The Morgan fingerprint density at radius 3 is 2.43 bits per heavy atom. The Hall–Kier alpha value is -3.85. The molecule has 0 heterocycles. The molecule has 0 bridgehead atoms. The molecule has 3 rings (SSSR count). The van der Waals surface area contributed by atoms with Crippen molar-refractivity contribution in [1.82, 2.24) is 5.43 Å². The first kappa shape index (κ1) is 20.9. The second-order valence-corrected chi connectivity index (χ2v) is 6.89. The van der Waals surface area contributed by atoms with Gasteiger partial charge in [-0.25, -0.2) is 10.2 Å². The number of nitro groups is 1. The van der Waals surface area contributed by atoms with E-state index in [1.54, 1.807) is 42.5 Å². The molecule has 0 radical (unpaired) electrons. The Bertz CT molecular complexity index is 1130. The first-order valence-corrected chi connectivity index (χ1v) is 9.37. The predicted octanol–water partition coefficient (Wildman–Crippen LogP) is 4.34. The zero-order valence-corrected chi connectivity index (χ0v) is 16.9. The highest BCUT2D eigenvalue weighted by atomic mass is 79.9. The molecule has 0 aromatic heterocycles. The van der Waals surface area contributed by atoms with E-state index < -0.39 is 10.9 Å². The van der Waals surface area contributed by atoms with E-state index in [4.69, 9.17) is 4.74 Å². The Kier molecular flexibility index (Phi) is 6.66.